The molecule has 1 N–H and O–H groups in total. The molecule has 29 heavy (non-hydrogen) atoms. The van der Waals surface area contributed by atoms with Crippen molar-refractivity contribution in [2.75, 3.05) is 6.61 Å². The van der Waals surface area contributed by atoms with Crippen LogP contribution in [-0.4, -0.2) is 18.7 Å². The molecule has 0 spiro atoms. The van der Waals surface area contributed by atoms with E-state index < -0.39 is 18.7 Å². The molecule has 6 heteroatoms. The number of alkyl halides is 3. The second-order valence-corrected chi connectivity index (χ2v) is 6.52. The van der Waals surface area contributed by atoms with Crippen LogP contribution in [0, 0.1) is 0 Å². The minimum atomic E-state index is -4.40. The van der Waals surface area contributed by atoms with Crippen LogP contribution in [0.5, 0.6) is 5.75 Å². The van der Waals surface area contributed by atoms with Gasteiger partial charge < -0.3 is 10.1 Å². The van der Waals surface area contributed by atoms with Gasteiger partial charge in [0, 0.05) is 6.54 Å². The van der Waals surface area contributed by atoms with E-state index in [-0.39, 0.29) is 18.2 Å². The third-order valence-corrected chi connectivity index (χ3v) is 4.30. The number of hydrogen-bond acceptors (Lipinski definition) is 2. The molecule has 3 aromatic carbocycles. The molecule has 0 aromatic heterocycles. The minimum absolute atomic E-state index is 0.108. The Labute approximate surface area is 167 Å². The third-order valence-electron chi connectivity index (χ3n) is 4.30. The van der Waals surface area contributed by atoms with Crippen molar-refractivity contribution in [3.63, 3.8) is 0 Å². The first-order chi connectivity index (χ1) is 13.9. The summed E-state index contributed by atoms with van der Waals surface area (Å²) < 4.78 is 41.7. The van der Waals surface area contributed by atoms with E-state index in [1.165, 1.54) is 12.1 Å². The van der Waals surface area contributed by atoms with Gasteiger partial charge in [0.15, 0.2) is 6.61 Å². The Morgan fingerprint density at radius 1 is 0.862 bits per heavy atom. The van der Waals surface area contributed by atoms with E-state index >= 15 is 0 Å². The molecule has 0 aliphatic rings. The van der Waals surface area contributed by atoms with Crippen LogP contribution in [0.25, 0.3) is 0 Å². The van der Waals surface area contributed by atoms with Gasteiger partial charge in [-0.25, -0.2) is 0 Å². The number of ether oxygens (including phenoxy) is 1. The number of halogens is 3. The molecular formula is C23H20F3NO2. The van der Waals surface area contributed by atoms with Gasteiger partial charge in [0.2, 0.25) is 5.91 Å². The van der Waals surface area contributed by atoms with Gasteiger partial charge in [0.1, 0.15) is 5.75 Å². The zero-order valence-electron chi connectivity index (χ0n) is 15.5. The highest BCUT2D eigenvalue weighted by Gasteiger charge is 2.28. The molecule has 150 valence electrons. The molecule has 3 nitrogen and oxygen atoms in total. The fraction of sp³-hybridized carbons (Fsp3) is 0.174. The zero-order chi connectivity index (χ0) is 20.7. The molecule has 0 fully saturated rings. The molecule has 0 saturated heterocycles. The van der Waals surface area contributed by atoms with Crippen LogP contribution in [0.1, 0.15) is 22.6 Å². The fourth-order valence-corrected chi connectivity index (χ4v) is 2.99. The van der Waals surface area contributed by atoms with Crippen molar-refractivity contribution in [2.45, 2.75) is 18.6 Å². The SMILES string of the molecule is O=C(NCc1cccc(OCC(F)(F)F)c1)C(c1ccccc1)c1ccccc1. The third kappa shape index (κ3) is 6.10. The first-order valence-electron chi connectivity index (χ1n) is 9.08. The predicted molar refractivity (Wildman–Crippen MR) is 105 cm³/mol. The van der Waals surface area contributed by atoms with E-state index in [1.54, 1.807) is 12.1 Å². The van der Waals surface area contributed by atoms with Crippen LogP contribution in [0.15, 0.2) is 84.9 Å². The lowest BCUT2D eigenvalue weighted by molar-refractivity contribution is -0.153. The highest BCUT2D eigenvalue weighted by Crippen LogP contribution is 2.25. The van der Waals surface area contributed by atoms with Crippen molar-refractivity contribution in [3.8, 4) is 5.75 Å². The van der Waals surface area contributed by atoms with Crippen molar-refractivity contribution in [1.82, 2.24) is 5.32 Å². The molecule has 0 heterocycles. The number of nitrogens with one attached hydrogen (secondary N) is 1. The smallest absolute Gasteiger partial charge is 0.422 e. The van der Waals surface area contributed by atoms with E-state index in [4.69, 9.17) is 4.74 Å². The standard InChI is InChI=1S/C23H20F3NO2/c24-23(25,26)16-29-20-13-7-8-17(14-20)15-27-22(28)21(18-9-3-1-4-10-18)19-11-5-2-6-12-19/h1-14,21H,15-16H2,(H,27,28). The maximum atomic E-state index is 13.0. The minimum Gasteiger partial charge on any atom is -0.484 e. The molecule has 0 bridgehead atoms. The molecule has 1 amide bonds. The summed E-state index contributed by atoms with van der Waals surface area (Å²) in [6, 6.07) is 25.1. The summed E-state index contributed by atoms with van der Waals surface area (Å²) in [5.41, 5.74) is 2.37. The first-order valence-corrected chi connectivity index (χ1v) is 9.08. The van der Waals surface area contributed by atoms with Crippen molar-refractivity contribution in [1.29, 1.82) is 0 Å². The Morgan fingerprint density at radius 2 is 1.45 bits per heavy atom. The summed E-state index contributed by atoms with van der Waals surface area (Å²) >= 11 is 0. The summed E-state index contributed by atoms with van der Waals surface area (Å²) in [5, 5.41) is 2.88. The highest BCUT2D eigenvalue weighted by atomic mass is 19.4. The molecule has 0 atom stereocenters. The Morgan fingerprint density at radius 3 is 2.00 bits per heavy atom. The average Bonchev–Trinajstić information content (AvgIpc) is 2.72. The molecule has 3 aromatic rings. The molecule has 0 unspecified atom stereocenters. The first kappa shape index (κ1) is 20.5. The van der Waals surface area contributed by atoms with Crippen molar-refractivity contribution >= 4 is 5.91 Å². The van der Waals surface area contributed by atoms with Crippen LogP contribution in [0.2, 0.25) is 0 Å². The lowest BCUT2D eigenvalue weighted by Gasteiger charge is -2.18. The lowest BCUT2D eigenvalue weighted by atomic mass is 9.90. The van der Waals surface area contributed by atoms with Gasteiger partial charge in [-0.2, -0.15) is 13.2 Å². The number of benzene rings is 3. The molecular weight excluding hydrogens is 379 g/mol. The van der Waals surface area contributed by atoms with Crippen LogP contribution in [-0.2, 0) is 11.3 Å². The van der Waals surface area contributed by atoms with Gasteiger partial charge in [-0.3, -0.25) is 4.79 Å². The van der Waals surface area contributed by atoms with Crippen LogP contribution in [0.3, 0.4) is 0 Å². The van der Waals surface area contributed by atoms with E-state index in [9.17, 15) is 18.0 Å². The largest absolute Gasteiger partial charge is 0.484 e. The monoisotopic (exact) mass is 399 g/mol. The summed E-state index contributed by atoms with van der Waals surface area (Å²) in [6.07, 6.45) is -4.40. The Bertz CT molecular complexity index is 888. The quantitative estimate of drug-likeness (QED) is 0.602. The number of amides is 1. The number of rotatable bonds is 7. The van der Waals surface area contributed by atoms with Crippen molar-refractivity contribution < 1.29 is 22.7 Å². The second kappa shape index (κ2) is 9.28. The second-order valence-electron chi connectivity index (χ2n) is 6.52. The Hall–Kier alpha value is -3.28. The summed E-state index contributed by atoms with van der Waals surface area (Å²) in [5.74, 6) is -0.567. The lowest BCUT2D eigenvalue weighted by Crippen LogP contribution is -2.29. The fourth-order valence-electron chi connectivity index (χ4n) is 2.99. The van der Waals surface area contributed by atoms with E-state index in [1.807, 2.05) is 60.7 Å². The van der Waals surface area contributed by atoms with Crippen LogP contribution >= 0.6 is 0 Å². The molecule has 0 aliphatic heterocycles. The highest BCUT2D eigenvalue weighted by molar-refractivity contribution is 5.87. The summed E-state index contributed by atoms with van der Waals surface area (Å²) in [7, 11) is 0. The molecule has 0 radical (unpaired) electrons. The molecule has 0 saturated carbocycles. The van der Waals surface area contributed by atoms with Gasteiger partial charge in [-0.1, -0.05) is 72.8 Å². The Balaban J connectivity index is 1.71. The van der Waals surface area contributed by atoms with Crippen molar-refractivity contribution in [3.05, 3.63) is 102 Å². The van der Waals surface area contributed by atoms with E-state index in [0.29, 0.717) is 5.56 Å². The number of carbonyl (C=O) groups is 1. The van der Waals surface area contributed by atoms with Gasteiger partial charge >= 0.3 is 6.18 Å². The van der Waals surface area contributed by atoms with Crippen LogP contribution in [0.4, 0.5) is 13.2 Å². The normalized spacial score (nSPS) is 11.3. The van der Waals surface area contributed by atoms with Crippen LogP contribution < -0.4 is 10.1 Å². The van der Waals surface area contributed by atoms with E-state index in [2.05, 4.69) is 5.32 Å². The van der Waals surface area contributed by atoms with Crippen molar-refractivity contribution in [2.24, 2.45) is 0 Å². The molecule has 0 aliphatic carbocycles. The number of carbonyl (C=O) groups excluding carboxylic acids is 1. The van der Waals surface area contributed by atoms with Gasteiger partial charge in [-0.15, -0.1) is 0 Å². The summed E-state index contributed by atoms with van der Waals surface area (Å²) in [4.78, 5) is 13.0. The average molecular weight is 399 g/mol. The molecule has 3 rings (SSSR count). The number of hydrogen-bond donors (Lipinski definition) is 1. The predicted octanol–water partition coefficient (Wildman–Crippen LogP) is 5.08. The summed E-state index contributed by atoms with van der Waals surface area (Å²) in [6.45, 7) is -1.18. The van der Waals surface area contributed by atoms with Gasteiger partial charge in [0.05, 0.1) is 5.92 Å². The maximum absolute atomic E-state index is 13.0. The van der Waals surface area contributed by atoms with E-state index in [0.717, 1.165) is 11.1 Å². The zero-order valence-corrected chi connectivity index (χ0v) is 15.5. The van der Waals surface area contributed by atoms with Gasteiger partial charge in [-0.05, 0) is 28.8 Å². The van der Waals surface area contributed by atoms with Gasteiger partial charge in [0.25, 0.3) is 0 Å². The topological polar surface area (TPSA) is 38.3 Å². The maximum Gasteiger partial charge on any atom is 0.422 e. The Kier molecular flexibility index (Phi) is 6.54.